The Bertz CT molecular complexity index is 299. The molecule has 0 fully saturated rings. The van der Waals surface area contributed by atoms with Crippen LogP contribution in [-0.2, 0) is 13.0 Å². The van der Waals surface area contributed by atoms with Gasteiger partial charge in [0, 0.05) is 11.4 Å². The van der Waals surface area contributed by atoms with Crippen LogP contribution < -0.4 is 10.0 Å². The van der Waals surface area contributed by atoms with Crippen molar-refractivity contribution in [3.8, 4) is 0 Å². The fraction of sp³-hybridized carbons (Fsp3) is 0.400. The summed E-state index contributed by atoms with van der Waals surface area (Å²) in [6.45, 7) is 2.14. The molecule has 1 aromatic carbocycles. The topological polar surface area (TPSA) is 24.1 Å². The molecule has 0 radical (unpaired) electrons. The van der Waals surface area contributed by atoms with Crippen molar-refractivity contribution < 1.29 is 0 Å². The third-order valence-corrected chi connectivity index (χ3v) is 2.98. The van der Waals surface area contributed by atoms with Gasteiger partial charge in [0.2, 0.25) is 0 Å². The first-order valence-corrected chi connectivity index (χ1v) is 5.38. The maximum atomic E-state index is 3.38. The van der Waals surface area contributed by atoms with Crippen LogP contribution in [0.5, 0.6) is 0 Å². The van der Waals surface area contributed by atoms with E-state index in [1.807, 2.05) is 7.05 Å². The molecule has 0 aromatic heterocycles. The van der Waals surface area contributed by atoms with E-state index in [1.165, 1.54) is 22.4 Å². The molecule has 2 nitrogen and oxygen atoms in total. The smallest absolute Gasteiger partial charge is 0.0231 e. The van der Waals surface area contributed by atoms with Gasteiger partial charge >= 0.3 is 0 Å². The lowest BCUT2D eigenvalue weighted by molar-refractivity contribution is 0.642. The lowest BCUT2D eigenvalue weighted by Crippen LogP contribution is -2.23. The second-order valence-electron chi connectivity index (χ2n) is 3.16. The Balaban J connectivity index is 2.24. The summed E-state index contributed by atoms with van der Waals surface area (Å²) < 4.78 is 3.09. The van der Waals surface area contributed by atoms with Crippen LogP contribution in [0.4, 0.5) is 0 Å². The van der Waals surface area contributed by atoms with Gasteiger partial charge in [-0.15, -0.1) is 0 Å². The summed E-state index contributed by atoms with van der Waals surface area (Å²) in [5, 5.41) is 3.38. The third-order valence-electron chi connectivity index (χ3n) is 2.28. The van der Waals surface area contributed by atoms with Crippen LogP contribution in [0.25, 0.3) is 0 Å². The van der Waals surface area contributed by atoms with Crippen LogP contribution in [0.3, 0.4) is 0 Å². The van der Waals surface area contributed by atoms with E-state index < -0.39 is 0 Å². The normalized spacial score (nSPS) is 15.5. The minimum Gasteiger partial charge on any atom is -0.312 e. The Labute approximate surface area is 83.2 Å². The minimum atomic E-state index is 1.02. The maximum absolute atomic E-state index is 3.38. The van der Waals surface area contributed by atoms with Gasteiger partial charge in [-0.1, -0.05) is 6.07 Å². The fourth-order valence-corrected chi connectivity index (χ4v) is 2.21. The van der Waals surface area contributed by atoms with Crippen molar-refractivity contribution in [2.75, 3.05) is 13.6 Å². The predicted molar refractivity (Wildman–Crippen MR) is 56.8 cm³/mol. The molecule has 0 saturated carbocycles. The molecular weight excluding hydrogens is 180 g/mol. The highest BCUT2D eigenvalue weighted by molar-refractivity contribution is 7.97. The van der Waals surface area contributed by atoms with Crippen molar-refractivity contribution in [3.63, 3.8) is 0 Å². The quantitative estimate of drug-likeness (QED) is 0.699. The van der Waals surface area contributed by atoms with E-state index in [-0.39, 0.29) is 0 Å². The van der Waals surface area contributed by atoms with E-state index >= 15 is 0 Å². The van der Waals surface area contributed by atoms with Crippen molar-refractivity contribution in [3.05, 3.63) is 29.3 Å². The highest BCUT2D eigenvalue weighted by atomic mass is 32.2. The summed E-state index contributed by atoms with van der Waals surface area (Å²) in [4.78, 5) is 1.30. The molecule has 0 aliphatic carbocycles. The van der Waals surface area contributed by atoms with Crippen molar-refractivity contribution in [1.29, 1.82) is 0 Å². The van der Waals surface area contributed by atoms with Gasteiger partial charge in [-0.2, -0.15) is 0 Å². The Morgan fingerprint density at radius 1 is 1.38 bits per heavy atom. The Morgan fingerprint density at radius 3 is 3.15 bits per heavy atom. The summed E-state index contributed by atoms with van der Waals surface area (Å²) in [6, 6.07) is 6.70. The number of fused-ring (bicyclic) bond motifs is 1. The standard InChI is InChI=1S/C10H14N2S/c1-11-13-10-3-2-8-4-5-12-7-9(8)6-10/h2-3,6,11-12H,4-5,7H2,1H3. The molecule has 2 N–H and O–H groups in total. The highest BCUT2D eigenvalue weighted by Gasteiger charge is 2.08. The molecular formula is C10H14N2S. The number of hydrogen-bond donors (Lipinski definition) is 2. The van der Waals surface area contributed by atoms with Crippen molar-refractivity contribution in [2.45, 2.75) is 17.9 Å². The zero-order chi connectivity index (χ0) is 9.10. The van der Waals surface area contributed by atoms with Gasteiger partial charge in [-0.25, -0.2) is 0 Å². The summed E-state index contributed by atoms with van der Waals surface area (Å²) in [5.74, 6) is 0. The van der Waals surface area contributed by atoms with Crippen molar-refractivity contribution in [1.82, 2.24) is 10.0 Å². The highest BCUT2D eigenvalue weighted by Crippen LogP contribution is 2.21. The van der Waals surface area contributed by atoms with Crippen LogP contribution in [0, 0.1) is 0 Å². The molecule has 1 aliphatic rings. The fourth-order valence-electron chi connectivity index (χ4n) is 1.64. The Hall–Kier alpha value is -0.510. The molecule has 0 unspecified atom stereocenters. The lowest BCUT2D eigenvalue weighted by Gasteiger charge is -2.17. The first-order chi connectivity index (χ1) is 6.40. The first-order valence-electron chi connectivity index (χ1n) is 4.56. The van der Waals surface area contributed by atoms with Gasteiger partial charge in [0.05, 0.1) is 0 Å². The van der Waals surface area contributed by atoms with Crippen molar-refractivity contribution >= 4 is 11.9 Å². The van der Waals surface area contributed by atoms with Crippen LogP contribution >= 0.6 is 11.9 Å². The van der Waals surface area contributed by atoms with Crippen LogP contribution in [0.1, 0.15) is 11.1 Å². The predicted octanol–water partition coefficient (Wildman–Crippen LogP) is 1.56. The molecule has 13 heavy (non-hydrogen) atoms. The molecule has 0 spiro atoms. The molecule has 0 bridgehead atoms. The van der Waals surface area contributed by atoms with E-state index in [1.54, 1.807) is 11.9 Å². The van der Waals surface area contributed by atoms with Crippen LogP contribution in [0.2, 0.25) is 0 Å². The van der Waals surface area contributed by atoms with Gasteiger partial charge in [0.25, 0.3) is 0 Å². The summed E-state index contributed by atoms with van der Waals surface area (Å²) in [7, 11) is 1.95. The Kier molecular flexibility index (Phi) is 2.88. The maximum Gasteiger partial charge on any atom is 0.0231 e. The zero-order valence-electron chi connectivity index (χ0n) is 7.76. The SMILES string of the molecule is CNSc1ccc2c(c1)CNCC2. The van der Waals surface area contributed by atoms with Crippen LogP contribution in [-0.4, -0.2) is 13.6 Å². The van der Waals surface area contributed by atoms with Crippen molar-refractivity contribution in [2.24, 2.45) is 0 Å². The molecule has 0 saturated heterocycles. The molecule has 3 heteroatoms. The van der Waals surface area contributed by atoms with E-state index in [2.05, 4.69) is 28.2 Å². The first kappa shape index (κ1) is 9.06. The number of nitrogens with one attached hydrogen (secondary N) is 2. The molecule has 0 amide bonds. The van der Waals surface area contributed by atoms with Gasteiger partial charge in [-0.3, -0.25) is 4.72 Å². The molecule has 2 rings (SSSR count). The minimum absolute atomic E-state index is 1.02. The number of rotatable bonds is 2. The molecule has 1 aromatic rings. The van der Waals surface area contributed by atoms with Gasteiger partial charge in [0.15, 0.2) is 0 Å². The van der Waals surface area contributed by atoms with Gasteiger partial charge in [-0.05, 0) is 55.2 Å². The van der Waals surface area contributed by atoms with E-state index in [0.717, 1.165) is 13.1 Å². The summed E-state index contributed by atoms with van der Waals surface area (Å²) >= 11 is 1.67. The molecule has 1 aliphatic heterocycles. The monoisotopic (exact) mass is 194 g/mol. The molecule has 1 heterocycles. The average molecular weight is 194 g/mol. The van der Waals surface area contributed by atoms with Gasteiger partial charge < -0.3 is 5.32 Å². The molecule has 0 atom stereocenters. The number of hydrogen-bond acceptors (Lipinski definition) is 3. The van der Waals surface area contributed by atoms with E-state index in [4.69, 9.17) is 0 Å². The second-order valence-corrected chi connectivity index (χ2v) is 4.25. The van der Waals surface area contributed by atoms with Crippen LogP contribution in [0.15, 0.2) is 23.1 Å². The molecule has 70 valence electrons. The van der Waals surface area contributed by atoms with Gasteiger partial charge in [0.1, 0.15) is 0 Å². The number of benzene rings is 1. The lowest BCUT2D eigenvalue weighted by atomic mass is 10.0. The Morgan fingerprint density at radius 2 is 2.31 bits per heavy atom. The summed E-state index contributed by atoms with van der Waals surface area (Å²) in [6.07, 6.45) is 1.17. The van der Waals surface area contributed by atoms with E-state index in [0.29, 0.717) is 0 Å². The zero-order valence-corrected chi connectivity index (χ0v) is 8.58. The largest absolute Gasteiger partial charge is 0.312 e. The second kappa shape index (κ2) is 4.13. The third kappa shape index (κ3) is 2.05. The van der Waals surface area contributed by atoms with E-state index in [9.17, 15) is 0 Å². The average Bonchev–Trinajstić information content (AvgIpc) is 2.18. The summed E-state index contributed by atoms with van der Waals surface area (Å²) in [5.41, 5.74) is 2.95.